The second-order valence-electron chi connectivity index (χ2n) is 19.5. The number of hydrogen-bond donors (Lipinski definition) is 0. The number of amidine groups is 1. The number of nitrogens with zero attached hydrogens (tertiary/aromatic N) is 4. The first-order valence-corrected chi connectivity index (χ1v) is 21.9. The Hall–Kier alpha value is -5.77. The maximum Gasteiger partial charge on any atom is 2.00 e. The van der Waals surface area contributed by atoms with E-state index in [9.17, 15) is 0 Å². The fourth-order valence-corrected chi connectivity index (χ4v) is 10.6. The van der Waals surface area contributed by atoms with Crippen LogP contribution in [0.5, 0.6) is 11.5 Å². The van der Waals surface area contributed by atoms with Crippen molar-refractivity contribution < 1.29 is 25.8 Å². The van der Waals surface area contributed by atoms with E-state index in [-0.39, 0.29) is 37.4 Å². The van der Waals surface area contributed by atoms with E-state index in [4.69, 9.17) is 14.7 Å². The van der Waals surface area contributed by atoms with Gasteiger partial charge in [0, 0.05) is 29.1 Å². The summed E-state index contributed by atoms with van der Waals surface area (Å²) < 4.78 is 7.00. The summed E-state index contributed by atoms with van der Waals surface area (Å²) in [7, 11) is 0. The molecule has 2 aliphatic heterocycles. The van der Waals surface area contributed by atoms with Gasteiger partial charge in [-0.15, -0.1) is 29.3 Å². The Kier molecular flexibility index (Phi) is 10.3. The maximum atomic E-state index is 7.00. The Morgan fingerprint density at radius 2 is 1.35 bits per heavy atom. The van der Waals surface area contributed by atoms with Crippen molar-refractivity contribution in [3.63, 3.8) is 0 Å². The average Bonchev–Trinajstić information content (AvgIpc) is 3.60. The Labute approximate surface area is 388 Å². The number of aromatic nitrogens is 1. The van der Waals surface area contributed by atoms with Gasteiger partial charge in [0.25, 0.3) is 0 Å². The van der Waals surface area contributed by atoms with Crippen molar-refractivity contribution in [3.05, 3.63) is 196 Å². The third-order valence-corrected chi connectivity index (χ3v) is 13.9. The number of benzene rings is 6. The molecule has 7 aromatic rings. The molecule has 0 saturated heterocycles. The fourth-order valence-electron chi connectivity index (χ4n) is 10.6. The fraction of sp³-hybridized carbons (Fsp3) is 0.263. The van der Waals surface area contributed by atoms with Crippen LogP contribution in [0.15, 0.2) is 139 Å². The number of aliphatic imine (C=N–C) groups is 1. The monoisotopic (exact) mass is 1010 g/mol. The van der Waals surface area contributed by atoms with Crippen molar-refractivity contribution in [2.45, 2.75) is 97.6 Å². The van der Waals surface area contributed by atoms with Gasteiger partial charge in [0.05, 0.1) is 16.9 Å². The molecule has 0 bridgehead atoms. The number of pyridine rings is 1. The zero-order chi connectivity index (χ0) is 43.3. The Bertz CT molecular complexity index is 2940. The number of anilines is 4. The number of rotatable bonds is 6. The molecular formula is C57H54N4OPt. The van der Waals surface area contributed by atoms with Crippen molar-refractivity contribution >= 4 is 28.7 Å². The van der Waals surface area contributed by atoms with E-state index in [0.717, 1.165) is 51.7 Å². The van der Waals surface area contributed by atoms with Crippen LogP contribution in [0.25, 0.3) is 11.1 Å². The Balaban J connectivity index is 0.00000504. The smallest absolute Gasteiger partial charge is 0.503 e. The number of para-hydroxylation sites is 1. The molecule has 0 fully saturated rings. The van der Waals surface area contributed by atoms with E-state index in [1.165, 1.54) is 44.6 Å². The van der Waals surface area contributed by atoms with E-state index in [2.05, 4.69) is 219 Å². The normalized spacial score (nSPS) is 19.4. The quantitative estimate of drug-likeness (QED) is 0.156. The minimum atomic E-state index is -0.503. The van der Waals surface area contributed by atoms with Crippen LogP contribution in [0.4, 0.5) is 22.9 Å². The van der Waals surface area contributed by atoms with E-state index in [1.807, 2.05) is 6.20 Å². The van der Waals surface area contributed by atoms with Crippen LogP contribution in [-0.2, 0) is 43.9 Å². The van der Waals surface area contributed by atoms with Crippen LogP contribution in [0.1, 0.15) is 98.5 Å². The topological polar surface area (TPSA) is 41.0 Å². The minimum absolute atomic E-state index is 0. The predicted molar refractivity (Wildman–Crippen MR) is 255 cm³/mol. The van der Waals surface area contributed by atoms with Gasteiger partial charge in [0.2, 0.25) is 0 Å². The molecule has 0 spiro atoms. The number of fused-ring (bicyclic) bond motifs is 5. The second kappa shape index (κ2) is 15.2. The predicted octanol–water partition coefficient (Wildman–Crippen LogP) is 14.0. The second-order valence-corrected chi connectivity index (χ2v) is 19.5. The molecular weight excluding hydrogens is 952 g/mol. The molecule has 0 saturated carbocycles. The van der Waals surface area contributed by atoms with Crippen LogP contribution < -0.4 is 14.5 Å². The zero-order valence-electron chi connectivity index (χ0n) is 37.9. The molecule has 3 aliphatic rings. The average molecular weight is 1010 g/mol. The molecule has 318 valence electrons. The van der Waals surface area contributed by atoms with Gasteiger partial charge in [-0.1, -0.05) is 148 Å². The number of aryl methyl sites for hydroxylation is 3. The summed E-state index contributed by atoms with van der Waals surface area (Å²) in [5.41, 5.74) is 15.0. The Morgan fingerprint density at radius 1 is 0.667 bits per heavy atom. The maximum absolute atomic E-state index is 7.00. The third kappa shape index (κ3) is 6.77. The minimum Gasteiger partial charge on any atom is -0.503 e. The van der Waals surface area contributed by atoms with Gasteiger partial charge >= 0.3 is 21.1 Å². The van der Waals surface area contributed by atoms with Gasteiger partial charge < -0.3 is 19.5 Å². The first-order chi connectivity index (χ1) is 29.6. The summed E-state index contributed by atoms with van der Waals surface area (Å²) in [6.07, 6.45) is 2.79. The third-order valence-electron chi connectivity index (χ3n) is 13.9. The standard InChI is InChI=1S/C57H54N4O.Pt/c1-36-28-37(2)52(38(3)29-36)61-53(59-57(10)46-21-15-14-20-40(46)35-56(57,61)9)42-30-41(39-18-12-11-13-19-39)31-45(32-42)62-44-24-25-48-50(34-44)60(49-23-17-16-22-47(49)55(48,7)8)51-33-43(26-27-58-51)54(4,5)6;/h11-31,33H,35H2,1-10H3;/q-2;+2/t56-,57+;/m0./s1. The van der Waals surface area contributed by atoms with E-state index in [1.54, 1.807) is 0 Å². The molecule has 0 amide bonds. The van der Waals surface area contributed by atoms with Gasteiger partial charge in [-0.05, 0) is 109 Å². The summed E-state index contributed by atoms with van der Waals surface area (Å²) in [5, 5.41) is 0. The zero-order valence-corrected chi connectivity index (χ0v) is 40.2. The number of hydrogen-bond acceptors (Lipinski definition) is 5. The van der Waals surface area contributed by atoms with Crippen molar-refractivity contribution in [2.24, 2.45) is 4.99 Å². The molecule has 1 aromatic heterocycles. The van der Waals surface area contributed by atoms with Crippen molar-refractivity contribution in [2.75, 3.05) is 9.80 Å². The molecule has 0 radical (unpaired) electrons. The molecule has 0 N–H and O–H groups in total. The summed E-state index contributed by atoms with van der Waals surface area (Å²) in [6.45, 7) is 22.7. The van der Waals surface area contributed by atoms with Crippen LogP contribution >= 0.6 is 0 Å². The van der Waals surface area contributed by atoms with Crippen molar-refractivity contribution in [1.29, 1.82) is 0 Å². The largest absolute Gasteiger partial charge is 2.00 e. The molecule has 10 rings (SSSR count). The summed E-state index contributed by atoms with van der Waals surface area (Å²) >= 11 is 0. The van der Waals surface area contributed by atoms with E-state index < -0.39 is 5.54 Å². The molecule has 6 aromatic carbocycles. The molecule has 2 atom stereocenters. The van der Waals surface area contributed by atoms with Gasteiger partial charge in [0.15, 0.2) is 0 Å². The van der Waals surface area contributed by atoms with Crippen molar-refractivity contribution in [1.82, 2.24) is 4.98 Å². The van der Waals surface area contributed by atoms with E-state index in [0.29, 0.717) is 11.5 Å². The molecule has 3 heterocycles. The Morgan fingerprint density at radius 3 is 2.08 bits per heavy atom. The van der Waals surface area contributed by atoms with Crippen LogP contribution in [0.3, 0.4) is 0 Å². The summed E-state index contributed by atoms with van der Waals surface area (Å²) in [4.78, 5) is 15.6. The molecule has 63 heavy (non-hydrogen) atoms. The van der Waals surface area contributed by atoms with Crippen LogP contribution in [0.2, 0.25) is 0 Å². The van der Waals surface area contributed by atoms with Gasteiger partial charge in [-0.25, -0.2) is 4.98 Å². The van der Waals surface area contributed by atoms with Crippen LogP contribution in [-0.4, -0.2) is 16.4 Å². The first kappa shape index (κ1) is 42.5. The SMILES string of the molecule is Cc1cc(C)c(N2C(c3[c-]c(Oc4[c-]c5c(cc4)C(C)(C)c4ccccc4N5c4cc(C(C)(C)C)ccn4)cc(-c4ccccc4)c3)=N[C@]3(C)c4ccccc4C[C@]23C)c(C)c1.[Pt+2]. The summed E-state index contributed by atoms with van der Waals surface area (Å²) in [6, 6.07) is 53.1. The number of ether oxygens (including phenoxy) is 1. The van der Waals surface area contributed by atoms with Crippen LogP contribution in [0, 0.1) is 32.9 Å². The van der Waals surface area contributed by atoms with Gasteiger partial charge in [-0.3, -0.25) is 0 Å². The summed E-state index contributed by atoms with van der Waals surface area (Å²) in [5.74, 6) is 2.94. The first-order valence-electron chi connectivity index (χ1n) is 21.9. The van der Waals surface area contributed by atoms with Gasteiger partial charge in [0.1, 0.15) is 5.82 Å². The van der Waals surface area contributed by atoms with Crippen molar-refractivity contribution in [3.8, 4) is 22.6 Å². The molecule has 0 unspecified atom stereocenters. The molecule has 1 aliphatic carbocycles. The van der Waals surface area contributed by atoms with Gasteiger partial charge in [-0.2, -0.15) is 6.07 Å². The molecule has 6 heteroatoms. The molecule has 5 nitrogen and oxygen atoms in total. The van der Waals surface area contributed by atoms with E-state index >= 15 is 0 Å².